The summed E-state index contributed by atoms with van der Waals surface area (Å²) < 4.78 is 52.0. The van der Waals surface area contributed by atoms with Crippen molar-refractivity contribution in [1.29, 1.82) is 0 Å². The molecule has 21 heteroatoms. The number of aromatic amines is 1. The topological polar surface area (TPSA) is 279 Å². The number of rotatable bonds is 10. The van der Waals surface area contributed by atoms with Crippen LogP contribution < -0.4 is 22.3 Å². The number of aromatic nitrogens is 2. The number of phosphoric acid groups is 3. The van der Waals surface area contributed by atoms with Gasteiger partial charge in [-0.15, -0.1) is 0 Å². The van der Waals surface area contributed by atoms with Crippen LogP contribution in [0.3, 0.4) is 0 Å². The molecule has 4 atom stereocenters. The lowest BCUT2D eigenvalue weighted by molar-refractivity contribution is -0.119. The van der Waals surface area contributed by atoms with E-state index in [1.807, 2.05) is 0 Å². The van der Waals surface area contributed by atoms with E-state index in [2.05, 4.69) is 35.3 Å². The van der Waals surface area contributed by atoms with Crippen LogP contribution in [0, 0.1) is 11.8 Å². The fourth-order valence-corrected chi connectivity index (χ4v) is 5.69. The van der Waals surface area contributed by atoms with Crippen molar-refractivity contribution in [1.82, 2.24) is 14.9 Å². The average molecular weight is 562 g/mol. The van der Waals surface area contributed by atoms with E-state index >= 15 is 0 Å². The first-order chi connectivity index (χ1) is 16.1. The Labute approximate surface area is 195 Å². The largest absolute Gasteiger partial charge is 0.490 e. The second-order valence-electron chi connectivity index (χ2n) is 6.67. The van der Waals surface area contributed by atoms with Gasteiger partial charge < -0.3 is 35.4 Å². The second-order valence-corrected chi connectivity index (χ2v) is 11.1. The number of nitrogens with two attached hydrogens (primary N) is 1. The molecular weight excluding hydrogens is 541 g/mol. The number of nitrogens with one attached hydrogen (secondary N) is 2. The monoisotopic (exact) mass is 562 g/mol. The summed E-state index contributed by atoms with van der Waals surface area (Å²) in [5.74, 6) is 4.54. The Morgan fingerprint density at radius 1 is 1.20 bits per heavy atom. The molecule has 1 amide bonds. The van der Waals surface area contributed by atoms with Gasteiger partial charge in [-0.2, -0.15) is 8.62 Å². The lowest BCUT2D eigenvalue weighted by Gasteiger charge is -2.19. The van der Waals surface area contributed by atoms with Crippen LogP contribution >= 0.6 is 23.5 Å². The van der Waals surface area contributed by atoms with Crippen molar-refractivity contribution in [2.24, 2.45) is 5.73 Å². The molecule has 1 fully saturated rings. The van der Waals surface area contributed by atoms with Gasteiger partial charge >= 0.3 is 29.2 Å². The summed E-state index contributed by atoms with van der Waals surface area (Å²) in [6, 6.07) is 0. The van der Waals surface area contributed by atoms with Crippen molar-refractivity contribution in [2.75, 3.05) is 19.7 Å². The summed E-state index contributed by atoms with van der Waals surface area (Å²) in [5.41, 5.74) is 3.39. The van der Waals surface area contributed by atoms with E-state index in [0.29, 0.717) is 0 Å². The van der Waals surface area contributed by atoms with E-state index in [-0.39, 0.29) is 31.5 Å². The average Bonchev–Trinajstić information content (AvgIpc) is 3.17. The number of hydrogen-bond acceptors (Lipinski definition) is 11. The quantitative estimate of drug-likeness (QED) is 0.120. The molecule has 0 bridgehead atoms. The molecule has 35 heavy (non-hydrogen) atoms. The predicted octanol–water partition coefficient (Wildman–Crippen LogP) is -2.02. The summed E-state index contributed by atoms with van der Waals surface area (Å²) in [6.45, 7) is -1.03. The summed E-state index contributed by atoms with van der Waals surface area (Å²) in [6.07, 6.45) is -0.418. The first-order valence-corrected chi connectivity index (χ1v) is 13.9. The molecule has 1 aliphatic heterocycles. The molecule has 0 aromatic carbocycles. The molecule has 1 saturated heterocycles. The van der Waals surface area contributed by atoms with E-state index in [1.54, 1.807) is 0 Å². The summed E-state index contributed by atoms with van der Waals surface area (Å²) in [7, 11) is -16.5. The molecule has 196 valence electrons. The highest BCUT2D eigenvalue weighted by Crippen LogP contribution is 2.66. The van der Waals surface area contributed by atoms with Gasteiger partial charge in [0.15, 0.2) is 0 Å². The molecule has 2 rings (SSSR count). The Hall–Kier alpha value is -1.96. The molecule has 18 nitrogen and oxygen atoms in total. The maximum absolute atomic E-state index is 12.2. The third-order valence-corrected chi connectivity index (χ3v) is 7.79. The Morgan fingerprint density at radius 2 is 1.89 bits per heavy atom. The lowest BCUT2D eigenvalue weighted by atomic mass is 10.2. The maximum Gasteiger partial charge on any atom is 0.490 e. The molecule has 2 heterocycles. The first-order valence-electron chi connectivity index (χ1n) is 9.36. The van der Waals surface area contributed by atoms with Crippen molar-refractivity contribution >= 4 is 29.4 Å². The third-order valence-electron chi connectivity index (χ3n) is 3.99. The van der Waals surface area contributed by atoms with E-state index in [9.17, 15) is 33.0 Å². The molecule has 1 aromatic rings. The normalized spacial score (nSPS) is 21.4. The summed E-state index contributed by atoms with van der Waals surface area (Å²) in [4.78, 5) is 72.9. The van der Waals surface area contributed by atoms with E-state index in [4.69, 9.17) is 25.2 Å². The highest BCUT2D eigenvalue weighted by Gasteiger charge is 2.41. The Kier molecular flexibility index (Phi) is 9.91. The standard InChI is InChI=1S/C14H21N4O14P3/c15-6-11(19)16-5-1-2-9-7-18(14(21)17-13(9)20)12-4-3-10(30-12)8-29-34(25,26)32-35(27,28)31-33(22,23)24/h7,10,12H,3-6,8,15H2,(H,16,19)(H,25,26)(H,27,28)(H,17,20,21)(H2,22,23,24)/t10-,12+/m0/s1. The molecular formula is C14H21N4O14P3. The van der Waals surface area contributed by atoms with Crippen LogP contribution in [-0.4, -0.2) is 60.8 Å². The van der Waals surface area contributed by atoms with Crippen molar-refractivity contribution in [3.63, 3.8) is 0 Å². The summed E-state index contributed by atoms with van der Waals surface area (Å²) in [5, 5.41) is 2.37. The maximum atomic E-state index is 12.2. The SMILES string of the molecule is NCC(=O)NCC#Cc1cn([C@H]2CC[C@@H](COP(=O)(O)OP(=O)(O)OP(=O)(O)O)O2)c(=O)[nH]c1=O. The first kappa shape index (κ1) is 29.3. The van der Waals surface area contributed by atoms with Gasteiger partial charge in [0.25, 0.3) is 5.56 Å². The molecule has 0 saturated carbocycles. The fourth-order valence-electron chi connectivity index (χ4n) is 2.64. The highest BCUT2D eigenvalue weighted by atomic mass is 31.3. The van der Waals surface area contributed by atoms with Crippen molar-refractivity contribution in [3.05, 3.63) is 32.6 Å². The van der Waals surface area contributed by atoms with E-state index < -0.39 is 59.6 Å². The zero-order valence-corrected chi connectivity index (χ0v) is 20.2. The minimum absolute atomic E-state index is 0.100. The number of carbonyl (C=O) groups is 1. The van der Waals surface area contributed by atoms with Gasteiger partial charge in [-0.25, -0.2) is 18.5 Å². The number of amides is 1. The van der Waals surface area contributed by atoms with Crippen molar-refractivity contribution in [3.8, 4) is 11.8 Å². The zero-order valence-electron chi connectivity index (χ0n) is 17.5. The lowest BCUT2D eigenvalue weighted by Crippen LogP contribution is -2.34. The zero-order chi connectivity index (χ0) is 26.4. The van der Waals surface area contributed by atoms with Crippen LogP contribution in [0.5, 0.6) is 0 Å². The number of carbonyl (C=O) groups excluding carboxylic acids is 1. The van der Waals surface area contributed by atoms with Crippen LogP contribution in [0.1, 0.15) is 24.6 Å². The Bertz CT molecular complexity index is 1260. The fraction of sp³-hybridized carbons (Fsp3) is 0.500. The molecule has 2 unspecified atom stereocenters. The van der Waals surface area contributed by atoms with Crippen LogP contribution in [-0.2, 0) is 36.4 Å². The Morgan fingerprint density at radius 3 is 2.51 bits per heavy atom. The minimum Gasteiger partial charge on any atom is -0.352 e. The minimum atomic E-state index is -5.66. The van der Waals surface area contributed by atoms with Gasteiger partial charge in [0.05, 0.1) is 25.8 Å². The smallest absolute Gasteiger partial charge is 0.352 e. The molecule has 1 aromatic heterocycles. The summed E-state index contributed by atoms with van der Waals surface area (Å²) >= 11 is 0. The third kappa shape index (κ3) is 9.90. The number of hydrogen-bond donors (Lipinski definition) is 7. The van der Waals surface area contributed by atoms with Gasteiger partial charge in [0.1, 0.15) is 11.8 Å². The van der Waals surface area contributed by atoms with Crippen LogP contribution in [0.4, 0.5) is 0 Å². The van der Waals surface area contributed by atoms with E-state index in [0.717, 1.165) is 10.8 Å². The predicted molar refractivity (Wildman–Crippen MR) is 113 cm³/mol. The van der Waals surface area contributed by atoms with Crippen LogP contribution in [0.15, 0.2) is 15.8 Å². The number of H-pyrrole nitrogens is 1. The Balaban J connectivity index is 2.01. The molecule has 8 N–H and O–H groups in total. The van der Waals surface area contributed by atoms with Crippen LogP contribution in [0.2, 0.25) is 0 Å². The second kappa shape index (κ2) is 11.8. The van der Waals surface area contributed by atoms with Gasteiger partial charge in [-0.3, -0.25) is 23.7 Å². The number of phosphoric ester groups is 1. The van der Waals surface area contributed by atoms with Crippen molar-refractivity contribution in [2.45, 2.75) is 25.2 Å². The van der Waals surface area contributed by atoms with E-state index in [1.165, 1.54) is 0 Å². The number of ether oxygens (including phenoxy) is 1. The molecule has 1 aliphatic rings. The number of nitrogens with zero attached hydrogens (tertiary/aromatic N) is 1. The van der Waals surface area contributed by atoms with Gasteiger partial charge in [-0.1, -0.05) is 11.8 Å². The van der Waals surface area contributed by atoms with Gasteiger partial charge in [0, 0.05) is 6.20 Å². The molecule has 0 radical (unpaired) electrons. The van der Waals surface area contributed by atoms with Gasteiger partial charge in [-0.05, 0) is 12.8 Å². The molecule has 0 aliphatic carbocycles. The molecule has 0 spiro atoms. The van der Waals surface area contributed by atoms with Crippen LogP contribution in [0.25, 0.3) is 0 Å². The van der Waals surface area contributed by atoms with Gasteiger partial charge in [0.2, 0.25) is 5.91 Å². The van der Waals surface area contributed by atoms with Crippen molar-refractivity contribution < 1.29 is 55.9 Å². The highest BCUT2D eigenvalue weighted by molar-refractivity contribution is 7.66.